The van der Waals surface area contributed by atoms with Gasteiger partial charge in [0.05, 0.1) is 0 Å². The first-order valence-electron chi connectivity index (χ1n) is 5.95. The van der Waals surface area contributed by atoms with E-state index in [1.54, 1.807) is 0 Å². The van der Waals surface area contributed by atoms with E-state index in [0.717, 1.165) is 0 Å². The van der Waals surface area contributed by atoms with Crippen LogP contribution in [0, 0.1) is 17.5 Å². The molecule has 0 aliphatic carbocycles. The number of hydrogen-bond donors (Lipinski definition) is 1. The van der Waals surface area contributed by atoms with Crippen molar-refractivity contribution in [2.75, 3.05) is 5.32 Å². The van der Waals surface area contributed by atoms with Crippen molar-refractivity contribution < 1.29 is 22.8 Å². The third-order valence-electron chi connectivity index (χ3n) is 2.76. The number of ketones is 1. The molecule has 6 heteroatoms. The summed E-state index contributed by atoms with van der Waals surface area (Å²) in [5.41, 5.74) is -0.340. The van der Waals surface area contributed by atoms with Gasteiger partial charge in [0.1, 0.15) is 23.0 Å². The Hall–Kier alpha value is -2.63. The molecule has 2 rings (SSSR count). The molecule has 0 saturated heterocycles. The van der Waals surface area contributed by atoms with Gasteiger partial charge in [-0.2, -0.15) is 0 Å². The van der Waals surface area contributed by atoms with Crippen molar-refractivity contribution in [3.8, 4) is 0 Å². The monoisotopic (exact) mass is 293 g/mol. The van der Waals surface area contributed by atoms with Crippen LogP contribution in [0.15, 0.2) is 36.4 Å². The van der Waals surface area contributed by atoms with Gasteiger partial charge in [0.25, 0.3) is 5.91 Å². The quantitative estimate of drug-likeness (QED) is 0.879. The van der Waals surface area contributed by atoms with Gasteiger partial charge in [-0.3, -0.25) is 9.59 Å². The van der Waals surface area contributed by atoms with Crippen LogP contribution >= 0.6 is 0 Å². The van der Waals surface area contributed by atoms with Crippen LogP contribution in [-0.2, 0) is 0 Å². The molecule has 0 aliphatic heterocycles. The van der Waals surface area contributed by atoms with E-state index in [0.29, 0.717) is 17.7 Å². The van der Waals surface area contributed by atoms with Gasteiger partial charge in [-0.15, -0.1) is 0 Å². The van der Waals surface area contributed by atoms with E-state index in [-0.39, 0.29) is 11.5 Å². The fourth-order valence-electron chi connectivity index (χ4n) is 1.77. The van der Waals surface area contributed by atoms with E-state index in [1.807, 2.05) is 0 Å². The van der Waals surface area contributed by atoms with Gasteiger partial charge in [0.2, 0.25) is 0 Å². The zero-order valence-corrected chi connectivity index (χ0v) is 10.9. The minimum Gasteiger partial charge on any atom is -0.322 e. The average Bonchev–Trinajstić information content (AvgIpc) is 2.37. The minimum atomic E-state index is -1.30. The molecule has 0 spiro atoms. The second kappa shape index (κ2) is 5.78. The lowest BCUT2D eigenvalue weighted by Gasteiger charge is -2.08. The summed E-state index contributed by atoms with van der Waals surface area (Å²) >= 11 is 0. The molecule has 2 aromatic rings. The van der Waals surface area contributed by atoms with Gasteiger partial charge in [0.15, 0.2) is 5.78 Å². The molecule has 1 N–H and O–H groups in total. The first-order chi connectivity index (χ1) is 9.88. The van der Waals surface area contributed by atoms with Crippen LogP contribution in [0.2, 0.25) is 0 Å². The van der Waals surface area contributed by atoms with Crippen molar-refractivity contribution in [2.45, 2.75) is 6.92 Å². The number of anilines is 1. The fraction of sp³-hybridized carbons (Fsp3) is 0.0667. The summed E-state index contributed by atoms with van der Waals surface area (Å²) in [5, 5.41) is 2.26. The molecular formula is C15H10F3NO2. The molecule has 0 aromatic heterocycles. The molecule has 0 saturated carbocycles. The summed E-state index contributed by atoms with van der Waals surface area (Å²) in [6.45, 7) is 1.35. The summed E-state index contributed by atoms with van der Waals surface area (Å²) in [7, 11) is 0. The average molecular weight is 293 g/mol. The second-order valence-corrected chi connectivity index (χ2v) is 4.34. The first kappa shape index (κ1) is 14.8. The smallest absolute Gasteiger partial charge is 0.261 e. The van der Waals surface area contributed by atoms with E-state index >= 15 is 0 Å². The number of halogens is 3. The second-order valence-electron chi connectivity index (χ2n) is 4.34. The number of rotatable bonds is 3. The zero-order valence-electron chi connectivity index (χ0n) is 10.9. The van der Waals surface area contributed by atoms with Crippen LogP contribution in [0.3, 0.4) is 0 Å². The predicted octanol–water partition coefficient (Wildman–Crippen LogP) is 3.56. The summed E-state index contributed by atoms with van der Waals surface area (Å²) in [4.78, 5) is 23.1. The maximum absolute atomic E-state index is 13.5. The Bertz CT molecular complexity index is 706. The molecule has 0 heterocycles. The maximum Gasteiger partial charge on any atom is 0.261 e. The lowest BCUT2D eigenvalue weighted by molar-refractivity contribution is 0.100. The molecule has 21 heavy (non-hydrogen) atoms. The fourth-order valence-corrected chi connectivity index (χ4v) is 1.77. The highest BCUT2D eigenvalue weighted by Crippen LogP contribution is 2.18. The van der Waals surface area contributed by atoms with Crippen molar-refractivity contribution in [1.82, 2.24) is 0 Å². The first-order valence-corrected chi connectivity index (χ1v) is 5.95. The van der Waals surface area contributed by atoms with Gasteiger partial charge in [-0.25, -0.2) is 13.2 Å². The Labute approximate surface area is 118 Å². The van der Waals surface area contributed by atoms with E-state index in [1.165, 1.54) is 31.2 Å². The Balaban J connectivity index is 2.30. The van der Waals surface area contributed by atoms with Crippen molar-refractivity contribution >= 4 is 17.4 Å². The van der Waals surface area contributed by atoms with Crippen molar-refractivity contribution in [3.05, 3.63) is 65.0 Å². The van der Waals surface area contributed by atoms with Crippen LogP contribution in [-0.4, -0.2) is 11.7 Å². The molecular weight excluding hydrogens is 283 g/mol. The number of Topliss-reactive ketones (excluding diaryl/α,β-unsaturated/α-hetero) is 1. The van der Waals surface area contributed by atoms with Crippen LogP contribution in [0.5, 0.6) is 0 Å². The van der Waals surface area contributed by atoms with Gasteiger partial charge in [-0.1, -0.05) is 12.1 Å². The highest BCUT2D eigenvalue weighted by Gasteiger charge is 2.19. The summed E-state index contributed by atoms with van der Waals surface area (Å²) < 4.78 is 39.7. The Morgan fingerprint density at radius 3 is 2.19 bits per heavy atom. The van der Waals surface area contributed by atoms with Gasteiger partial charge >= 0.3 is 0 Å². The van der Waals surface area contributed by atoms with Crippen LogP contribution in [0.1, 0.15) is 27.6 Å². The molecule has 0 unspecified atom stereocenters. The SMILES string of the molecule is CC(=O)c1cccc(NC(=O)c2c(F)cc(F)cc2F)c1. The number of carbonyl (C=O) groups is 2. The number of carbonyl (C=O) groups excluding carboxylic acids is 2. The zero-order chi connectivity index (χ0) is 15.6. The molecule has 0 bridgehead atoms. The molecule has 2 aromatic carbocycles. The molecule has 0 atom stereocenters. The Morgan fingerprint density at radius 1 is 1.00 bits per heavy atom. The Kier molecular flexibility index (Phi) is 4.07. The van der Waals surface area contributed by atoms with Crippen molar-refractivity contribution in [3.63, 3.8) is 0 Å². The third-order valence-corrected chi connectivity index (χ3v) is 2.76. The molecule has 0 aliphatic rings. The lowest BCUT2D eigenvalue weighted by Crippen LogP contribution is -2.16. The van der Waals surface area contributed by atoms with Crippen LogP contribution in [0.25, 0.3) is 0 Å². The van der Waals surface area contributed by atoms with Gasteiger partial charge < -0.3 is 5.32 Å². The minimum absolute atomic E-state index is 0.204. The lowest BCUT2D eigenvalue weighted by atomic mass is 10.1. The maximum atomic E-state index is 13.5. The summed E-state index contributed by atoms with van der Waals surface area (Å²) in [6.07, 6.45) is 0. The number of nitrogens with one attached hydrogen (secondary N) is 1. The van der Waals surface area contributed by atoms with E-state index in [2.05, 4.69) is 5.32 Å². The van der Waals surface area contributed by atoms with Gasteiger partial charge in [-0.05, 0) is 19.1 Å². The predicted molar refractivity (Wildman–Crippen MR) is 70.7 cm³/mol. The number of hydrogen-bond acceptors (Lipinski definition) is 2. The van der Waals surface area contributed by atoms with E-state index in [9.17, 15) is 22.8 Å². The number of amides is 1. The number of benzene rings is 2. The standard InChI is InChI=1S/C15H10F3NO2/c1-8(20)9-3-2-4-11(5-9)19-15(21)14-12(17)6-10(16)7-13(14)18/h2-7H,1H3,(H,19,21). The van der Waals surface area contributed by atoms with Crippen molar-refractivity contribution in [2.24, 2.45) is 0 Å². The van der Waals surface area contributed by atoms with Crippen molar-refractivity contribution in [1.29, 1.82) is 0 Å². The third kappa shape index (κ3) is 3.28. The highest BCUT2D eigenvalue weighted by atomic mass is 19.1. The van der Waals surface area contributed by atoms with Crippen LogP contribution in [0.4, 0.5) is 18.9 Å². The molecule has 1 amide bonds. The van der Waals surface area contributed by atoms with Crippen LogP contribution < -0.4 is 5.32 Å². The topological polar surface area (TPSA) is 46.2 Å². The Morgan fingerprint density at radius 2 is 1.62 bits per heavy atom. The molecule has 3 nitrogen and oxygen atoms in total. The van der Waals surface area contributed by atoms with Gasteiger partial charge in [0, 0.05) is 23.4 Å². The highest BCUT2D eigenvalue weighted by molar-refractivity contribution is 6.05. The summed E-state index contributed by atoms with van der Waals surface area (Å²) in [6, 6.07) is 6.73. The molecule has 0 fully saturated rings. The van der Waals surface area contributed by atoms with E-state index in [4.69, 9.17) is 0 Å². The summed E-state index contributed by atoms with van der Waals surface area (Å²) in [5.74, 6) is -4.99. The molecule has 0 radical (unpaired) electrons. The normalized spacial score (nSPS) is 10.3. The largest absolute Gasteiger partial charge is 0.322 e. The molecule has 108 valence electrons. The van der Waals surface area contributed by atoms with E-state index < -0.39 is 28.9 Å².